The summed E-state index contributed by atoms with van der Waals surface area (Å²) >= 11 is 0. The Labute approximate surface area is 93.5 Å². The predicted molar refractivity (Wildman–Crippen MR) is 64.6 cm³/mol. The predicted octanol–water partition coefficient (Wildman–Crippen LogP) is 4.34. The Balaban J connectivity index is 2.03. The van der Waals surface area contributed by atoms with Crippen LogP contribution in [-0.4, -0.2) is 0 Å². The largest absolute Gasteiger partial charge is 0.0809 e. The number of fused-ring (bicyclic) bond motifs is 2. The van der Waals surface area contributed by atoms with Gasteiger partial charge in [0.2, 0.25) is 0 Å². The van der Waals surface area contributed by atoms with Gasteiger partial charge in [-0.25, -0.2) is 0 Å². The van der Waals surface area contributed by atoms with Gasteiger partial charge in [-0.3, -0.25) is 0 Å². The van der Waals surface area contributed by atoms with Gasteiger partial charge in [-0.15, -0.1) is 0 Å². The van der Waals surface area contributed by atoms with Crippen molar-refractivity contribution in [1.29, 1.82) is 0 Å². The summed E-state index contributed by atoms with van der Waals surface area (Å²) in [5, 5.41) is 0. The highest BCUT2D eigenvalue weighted by molar-refractivity contribution is 5.38. The fraction of sp³-hybridized carbons (Fsp3) is 0.733. The molecule has 0 nitrogen and oxygen atoms in total. The maximum absolute atomic E-state index is 2.49. The highest BCUT2D eigenvalue weighted by Crippen LogP contribution is 2.62. The van der Waals surface area contributed by atoms with Crippen LogP contribution < -0.4 is 0 Å². The zero-order valence-electron chi connectivity index (χ0n) is 10.4. The van der Waals surface area contributed by atoms with E-state index < -0.39 is 0 Å². The first-order valence-corrected chi connectivity index (χ1v) is 6.37. The molecule has 0 radical (unpaired) electrons. The second-order valence-corrected chi connectivity index (χ2v) is 6.55. The lowest BCUT2D eigenvalue weighted by atomic mass is 9.77. The summed E-state index contributed by atoms with van der Waals surface area (Å²) in [5.41, 5.74) is 5.74. The molecule has 0 N–H and O–H groups in total. The topological polar surface area (TPSA) is 0 Å². The first-order valence-electron chi connectivity index (χ1n) is 6.37. The number of hydrogen-bond acceptors (Lipinski definition) is 0. The Morgan fingerprint density at radius 1 is 1.27 bits per heavy atom. The minimum atomic E-state index is 0.567. The summed E-state index contributed by atoms with van der Waals surface area (Å²) in [7, 11) is 0. The molecule has 0 spiro atoms. The van der Waals surface area contributed by atoms with E-state index >= 15 is 0 Å². The normalized spacial score (nSPS) is 41.9. The number of hydrogen-bond donors (Lipinski definition) is 0. The highest BCUT2D eigenvalue weighted by atomic mass is 14.6. The monoisotopic (exact) mass is 202 g/mol. The van der Waals surface area contributed by atoms with Crippen molar-refractivity contribution in [3.8, 4) is 0 Å². The van der Waals surface area contributed by atoms with E-state index in [1.807, 2.05) is 0 Å². The molecule has 0 amide bonds. The first-order chi connectivity index (χ1) is 7.00. The van der Waals surface area contributed by atoms with Crippen LogP contribution in [0.25, 0.3) is 0 Å². The van der Waals surface area contributed by atoms with Gasteiger partial charge in [-0.05, 0) is 50.4 Å². The Morgan fingerprint density at radius 2 is 2.00 bits per heavy atom. The Hall–Kier alpha value is -0.520. The Morgan fingerprint density at radius 3 is 2.73 bits per heavy atom. The highest BCUT2D eigenvalue weighted by Gasteiger charge is 2.52. The van der Waals surface area contributed by atoms with E-state index in [1.165, 1.54) is 19.3 Å². The van der Waals surface area contributed by atoms with Gasteiger partial charge in [0.05, 0.1) is 0 Å². The summed E-state index contributed by atoms with van der Waals surface area (Å²) in [6.45, 7) is 9.71. The van der Waals surface area contributed by atoms with Crippen LogP contribution in [0.3, 0.4) is 0 Å². The maximum atomic E-state index is 2.49. The lowest BCUT2D eigenvalue weighted by Crippen LogP contribution is -2.19. The van der Waals surface area contributed by atoms with Gasteiger partial charge in [0, 0.05) is 5.92 Å². The molecule has 15 heavy (non-hydrogen) atoms. The second-order valence-electron chi connectivity index (χ2n) is 6.55. The summed E-state index contributed by atoms with van der Waals surface area (Å²) in [4.78, 5) is 0. The molecule has 1 fully saturated rings. The average Bonchev–Trinajstić information content (AvgIpc) is 2.89. The minimum absolute atomic E-state index is 0.567. The molecule has 3 atom stereocenters. The van der Waals surface area contributed by atoms with Crippen LogP contribution in [0.1, 0.15) is 47.0 Å². The van der Waals surface area contributed by atoms with Gasteiger partial charge in [-0.1, -0.05) is 36.6 Å². The third-order valence-corrected chi connectivity index (χ3v) is 5.20. The van der Waals surface area contributed by atoms with Crippen molar-refractivity contribution >= 4 is 0 Å². The molecule has 3 aliphatic carbocycles. The van der Waals surface area contributed by atoms with Crippen molar-refractivity contribution in [3.63, 3.8) is 0 Å². The number of rotatable bonds is 0. The molecule has 0 saturated heterocycles. The molecule has 0 unspecified atom stereocenters. The zero-order chi connectivity index (χ0) is 10.8. The van der Waals surface area contributed by atoms with Gasteiger partial charge in [-0.2, -0.15) is 0 Å². The minimum Gasteiger partial charge on any atom is -0.0809 e. The number of allylic oxidation sites excluding steroid dienone is 4. The molecule has 1 saturated carbocycles. The molecule has 0 aliphatic heterocycles. The van der Waals surface area contributed by atoms with Gasteiger partial charge in [0.25, 0.3) is 0 Å². The van der Waals surface area contributed by atoms with Crippen LogP contribution in [0.4, 0.5) is 0 Å². The lowest BCUT2D eigenvalue weighted by Gasteiger charge is -2.28. The van der Waals surface area contributed by atoms with Crippen molar-refractivity contribution in [3.05, 3.63) is 22.8 Å². The van der Waals surface area contributed by atoms with E-state index in [1.54, 1.807) is 16.7 Å². The van der Waals surface area contributed by atoms with E-state index in [-0.39, 0.29) is 0 Å². The smallest absolute Gasteiger partial charge is 0.00152 e. The molecule has 0 aromatic heterocycles. The van der Waals surface area contributed by atoms with E-state index in [0.717, 1.165) is 17.8 Å². The molecular formula is C15H22. The fourth-order valence-corrected chi connectivity index (χ4v) is 4.00. The molecular weight excluding hydrogens is 180 g/mol. The maximum Gasteiger partial charge on any atom is 0.00152 e. The van der Waals surface area contributed by atoms with Crippen molar-refractivity contribution < 1.29 is 0 Å². The second kappa shape index (κ2) is 2.78. The van der Waals surface area contributed by atoms with Gasteiger partial charge in [0.1, 0.15) is 0 Å². The average molecular weight is 202 g/mol. The van der Waals surface area contributed by atoms with Crippen LogP contribution in [0.2, 0.25) is 0 Å². The Bertz CT molecular complexity index is 367. The van der Waals surface area contributed by atoms with E-state index in [0.29, 0.717) is 5.41 Å². The third kappa shape index (κ3) is 1.26. The van der Waals surface area contributed by atoms with Crippen LogP contribution in [0.5, 0.6) is 0 Å². The van der Waals surface area contributed by atoms with Gasteiger partial charge < -0.3 is 0 Å². The van der Waals surface area contributed by atoms with E-state index in [4.69, 9.17) is 0 Å². The molecule has 0 aromatic carbocycles. The lowest BCUT2D eigenvalue weighted by molar-refractivity contribution is 0.257. The van der Waals surface area contributed by atoms with Crippen LogP contribution in [0.15, 0.2) is 22.8 Å². The molecule has 0 aromatic rings. The third-order valence-electron chi connectivity index (χ3n) is 5.20. The van der Waals surface area contributed by atoms with Crippen molar-refractivity contribution in [2.24, 2.45) is 23.2 Å². The zero-order valence-corrected chi connectivity index (χ0v) is 10.4. The van der Waals surface area contributed by atoms with Gasteiger partial charge in [0.15, 0.2) is 0 Å². The quantitative estimate of drug-likeness (QED) is 0.513. The molecule has 0 bridgehead atoms. The molecule has 3 rings (SSSR count). The Kier molecular flexibility index (Phi) is 1.80. The fourth-order valence-electron chi connectivity index (χ4n) is 4.00. The summed E-state index contributed by atoms with van der Waals surface area (Å²) in [6, 6.07) is 0. The molecule has 82 valence electrons. The van der Waals surface area contributed by atoms with Crippen molar-refractivity contribution in [2.45, 2.75) is 47.0 Å². The first kappa shape index (κ1) is 9.69. The summed E-state index contributed by atoms with van der Waals surface area (Å²) < 4.78 is 0. The standard InChI is InChI=1S/C15H22/c1-9-5-6-11-10(2)12-7-14(12)15(3,4)8-13(9)11/h5,12-14H,6-8H2,1-4H3/t12-,13+,14-/m0/s1. The molecule has 0 heteroatoms. The summed E-state index contributed by atoms with van der Waals surface area (Å²) in [5.74, 6) is 2.73. The van der Waals surface area contributed by atoms with Gasteiger partial charge >= 0.3 is 0 Å². The van der Waals surface area contributed by atoms with Crippen LogP contribution in [0, 0.1) is 23.2 Å². The van der Waals surface area contributed by atoms with E-state index in [9.17, 15) is 0 Å². The molecule has 3 aliphatic rings. The summed E-state index contributed by atoms with van der Waals surface area (Å²) in [6.07, 6.45) is 6.57. The van der Waals surface area contributed by atoms with Crippen LogP contribution >= 0.6 is 0 Å². The van der Waals surface area contributed by atoms with Crippen molar-refractivity contribution in [2.75, 3.05) is 0 Å². The van der Waals surface area contributed by atoms with Crippen LogP contribution in [-0.2, 0) is 0 Å². The van der Waals surface area contributed by atoms with E-state index in [2.05, 4.69) is 33.8 Å². The molecule has 0 heterocycles. The van der Waals surface area contributed by atoms with Crippen molar-refractivity contribution in [1.82, 2.24) is 0 Å². The SMILES string of the molecule is CC1=CCC2=C(C)[C@@H]3C[C@@H]3C(C)(C)C[C@H]12.